The van der Waals surface area contributed by atoms with Gasteiger partial charge in [-0.25, -0.2) is 0 Å². The summed E-state index contributed by atoms with van der Waals surface area (Å²) in [6.07, 6.45) is 4.51. The summed E-state index contributed by atoms with van der Waals surface area (Å²) in [7, 11) is 0. The van der Waals surface area contributed by atoms with Crippen molar-refractivity contribution < 1.29 is 0 Å². The molecule has 1 aromatic heterocycles. The van der Waals surface area contributed by atoms with Crippen molar-refractivity contribution in [2.24, 2.45) is 5.41 Å². The summed E-state index contributed by atoms with van der Waals surface area (Å²) in [6.45, 7) is 10.1. The van der Waals surface area contributed by atoms with Gasteiger partial charge in [-0.2, -0.15) is 0 Å². The third-order valence-corrected chi connectivity index (χ3v) is 3.84. The molecule has 2 nitrogen and oxygen atoms in total. The van der Waals surface area contributed by atoms with Gasteiger partial charge in [-0.15, -0.1) is 0 Å². The van der Waals surface area contributed by atoms with Crippen molar-refractivity contribution >= 4 is 0 Å². The Morgan fingerprint density at radius 1 is 1.31 bits per heavy atom. The highest BCUT2D eigenvalue weighted by molar-refractivity contribution is 5.27. The highest BCUT2D eigenvalue weighted by atomic mass is 15.0. The van der Waals surface area contributed by atoms with Crippen LogP contribution in [0.3, 0.4) is 0 Å². The standard InChI is InChI=1S/C14H22N2/c1-11-6-7-12(10-15-11)14(13(2,3)4)8-5-9-16-14/h6-7,10,16H,5,8-9H2,1-4H3. The molecule has 0 spiro atoms. The van der Waals surface area contributed by atoms with E-state index in [0.717, 1.165) is 12.2 Å². The van der Waals surface area contributed by atoms with Gasteiger partial charge >= 0.3 is 0 Å². The first-order chi connectivity index (χ1) is 7.46. The van der Waals surface area contributed by atoms with E-state index in [2.05, 4.69) is 43.2 Å². The number of aromatic nitrogens is 1. The Morgan fingerprint density at radius 3 is 2.50 bits per heavy atom. The van der Waals surface area contributed by atoms with Crippen molar-refractivity contribution in [2.75, 3.05) is 6.54 Å². The summed E-state index contributed by atoms with van der Waals surface area (Å²) in [5.74, 6) is 0. The van der Waals surface area contributed by atoms with E-state index in [1.807, 2.05) is 13.1 Å². The zero-order valence-corrected chi connectivity index (χ0v) is 10.8. The molecule has 1 N–H and O–H groups in total. The maximum absolute atomic E-state index is 4.44. The Labute approximate surface area is 98.5 Å². The van der Waals surface area contributed by atoms with Crippen LogP contribution in [0.5, 0.6) is 0 Å². The molecule has 2 rings (SSSR count). The van der Waals surface area contributed by atoms with E-state index in [1.54, 1.807) is 0 Å². The van der Waals surface area contributed by atoms with Crippen LogP contribution in [0.2, 0.25) is 0 Å². The monoisotopic (exact) mass is 218 g/mol. The van der Waals surface area contributed by atoms with Crippen LogP contribution < -0.4 is 5.32 Å². The second-order valence-electron chi connectivity index (χ2n) is 5.87. The molecule has 88 valence electrons. The first kappa shape index (κ1) is 11.6. The van der Waals surface area contributed by atoms with Crippen LogP contribution >= 0.6 is 0 Å². The Bertz CT molecular complexity index is 353. The minimum absolute atomic E-state index is 0.105. The van der Waals surface area contributed by atoms with E-state index in [-0.39, 0.29) is 11.0 Å². The van der Waals surface area contributed by atoms with Gasteiger partial charge in [-0.3, -0.25) is 4.98 Å². The first-order valence-electron chi connectivity index (χ1n) is 6.14. The summed E-state index contributed by atoms with van der Waals surface area (Å²) in [5.41, 5.74) is 2.75. The SMILES string of the molecule is Cc1ccc(C2(C(C)(C)C)CCCN2)cn1. The number of hydrogen-bond acceptors (Lipinski definition) is 2. The minimum Gasteiger partial charge on any atom is -0.307 e. The van der Waals surface area contributed by atoms with Crippen molar-refractivity contribution in [1.29, 1.82) is 0 Å². The van der Waals surface area contributed by atoms with Crippen LogP contribution in [0.1, 0.15) is 44.9 Å². The predicted octanol–water partition coefficient (Wildman–Crippen LogP) is 3.01. The van der Waals surface area contributed by atoms with Crippen LogP contribution in [-0.2, 0) is 5.54 Å². The Morgan fingerprint density at radius 2 is 2.06 bits per heavy atom. The largest absolute Gasteiger partial charge is 0.307 e. The van der Waals surface area contributed by atoms with E-state index in [1.165, 1.54) is 18.4 Å². The highest BCUT2D eigenvalue weighted by Gasteiger charge is 2.45. The lowest BCUT2D eigenvalue weighted by Gasteiger charge is -2.42. The molecule has 16 heavy (non-hydrogen) atoms. The third-order valence-electron chi connectivity index (χ3n) is 3.84. The maximum Gasteiger partial charge on any atom is 0.0499 e. The van der Waals surface area contributed by atoms with Crippen molar-refractivity contribution in [3.8, 4) is 0 Å². The molecule has 1 atom stereocenters. The quantitative estimate of drug-likeness (QED) is 0.783. The predicted molar refractivity (Wildman–Crippen MR) is 67.3 cm³/mol. The van der Waals surface area contributed by atoms with Crippen LogP contribution in [-0.4, -0.2) is 11.5 Å². The van der Waals surface area contributed by atoms with Gasteiger partial charge in [-0.1, -0.05) is 26.8 Å². The minimum atomic E-state index is 0.105. The summed E-state index contributed by atoms with van der Waals surface area (Å²) < 4.78 is 0. The topological polar surface area (TPSA) is 24.9 Å². The lowest BCUT2D eigenvalue weighted by molar-refractivity contribution is 0.160. The molecule has 0 amide bonds. The van der Waals surface area contributed by atoms with Crippen molar-refractivity contribution in [3.63, 3.8) is 0 Å². The van der Waals surface area contributed by atoms with Gasteiger partial charge in [0.2, 0.25) is 0 Å². The lowest BCUT2D eigenvalue weighted by Crippen LogP contribution is -2.48. The summed E-state index contributed by atoms with van der Waals surface area (Å²) in [6, 6.07) is 4.34. The van der Waals surface area contributed by atoms with Gasteiger partial charge in [0.15, 0.2) is 0 Å². The van der Waals surface area contributed by atoms with Gasteiger partial charge in [-0.05, 0) is 43.4 Å². The van der Waals surface area contributed by atoms with Gasteiger partial charge < -0.3 is 5.32 Å². The fourth-order valence-corrected chi connectivity index (χ4v) is 2.78. The van der Waals surface area contributed by atoms with E-state index in [0.29, 0.717) is 0 Å². The summed E-state index contributed by atoms with van der Waals surface area (Å²) in [4.78, 5) is 4.44. The molecule has 1 saturated heterocycles. The Kier molecular flexibility index (Phi) is 2.79. The lowest BCUT2D eigenvalue weighted by atomic mass is 9.69. The Hall–Kier alpha value is -0.890. The zero-order chi connectivity index (χ0) is 11.8. The van der Waals surface area contributed by atoms with Gasteiger partial charge in [0.1, 0.15) is 0 Å². The number of nitrogens with one attached hydrogen (secondary N) is 1. The van der Waals surface area contributed by atoms with E-state index < -0.39 is 0 Å². The molecule has 2 heterocycles. The van der Waals surface area contributed by atoms with Crippen LogP contribution in [0.4, 0.5) is 0 Å². The van der Waals surface area contributed by atoms with Gasteiger partial charge in [0.05, 0.1) is 0 Å². The molecule has 1 aliphatic heterocycles. The number of aryl methyl sites for hydroxylation is 1. The van der Waals surface area contributed by atoms with Crippen molar-refractivity contribution in [2.45, 2.75) is 46.1 Å². The average Bonchev–Trinajstić information content (AvgIpc) is 2.68. The second-order valence-corrected chi connectivity index (χ2v) is 5.87. The van der Waals surface area contributed by atoms with Crippen molar-refractivity contribution in [3.05, 3.63) is 29.6 Å². The molecule has 0 aromatic carbocycles. The van der Waals surface area contributed by atoms with Gasteiger partial charge in [0, 0.05) is 17.4 Å². The van der Waals surface area contributed by atoms with Crippen LogP contribution in [0.25, 0.3) is 0 Å². The molecule has 1 fully saturated rings. The molecule has 0 saturated carbocycles. The van der Waals surface area contributed by atoms with Crippen LogP contribution in [0, 0.1) is 12.3 Å². The average molecular weight is 218 g/mol. The molecule has 0 radical (unpaired) electrons. The number of nitrogens with zero attached hydrogens (tertiary/aromatic N) is 1. The summed E-state index contributed by atoms with van der Waals surface area (Å²) in [5, 5.41) is 3.71. The maximum atomic E-state index is 4.44. The molecule has 1 unspecified atom stereocenters. The van der Waals surface area contributed by atoms with E-state index >= 15 is 0 Å². The van der Waals surface area contributed by atoms with Crippen molar-refractivity contribution in [1.82, 2.24) is 10.3 Å². The molecular formula is C14H22N2. The second kappa shape index (κ2) is 3.85. The molecule has 1 aliphatic rings. The fraction of sp³-hybridized carbons (Fsp3) is 0.643. The van der Waals surface area contributed by atoms with E-state index in [4.69, 9.17) is 0 Å². The number of rotatable bonds is 1. The van der Waals surface area contributed by atoms with E-state index in [9.17, 15) is 0 Å². The zero-order valence-electron chi connectivity index (χ0n) is 10.8. The number of pyridine rings is 1. The smallest absolute Gasteiger partial charge is 0.0499 e. The molecular weight excluding hydrogens is 196 g/mol. The van der Waals surface area contributed by atoms with Gasteiger partial charge in [0.25, 0.3) is 0 Å². The summed E-state index contributed by atoms with van der Waals surface area (Å²) >= 11 is 0. The Balaban J connectivity index is 2.44. The molecule has 0 aliphatic carbocycles. The molecule has 2 heteroatoms. The normalized spacial score (nSPS) is 26.0. The molecule has 0 bridgehead atoms. The van der Waals surface area contributed by atoms with Crippen LogP contribution in [0.15, 0.2) is 18.3 Å². The molecule has 1 aromatic rings. The number of hydrogen-bond donors (Lipinski definition) is 1. The highest BCUT2D eigenvalue weighted by Crippen LogP contribution is 2.45. The third kappa shape index (κ3) is 1.75. The fourth-order valence-electron chi connectivity index (χ4n) is 2.78. The first-order valence-corrected chi connectivity index (χ1v) is 6.14.